The summed E-state index contributed by atoms with van der Waals surface area (Å²) >= 11 is 0. The highest BCUT2D eigenvalue weighted by Gasteiger charge is 2.33. The van der Waals surface area contributed by atoms with Crippen molar-refractivity contribution in [1.29, 1.82) is 0 Å². The van der Waals surface area contributed by atoms with Crippen LogP contribution in [0.5, 0.6) is 0 Å². The number of sulfonamides is 1. The molecule has 2 rings (SSSR count). The first kappa shape index (κ1) is 15.9. The van der Waals surface area contributed by atoms with Crippen molar-refractivity contribution in [2.24, 2.45) is 0 Å². The quantitative estimate of drug-likeness (QED) is 0.826. The summed E-state index contributed by atoms with van der Waals surface area (Å²) in [5.41, 5.74) is -0.668. The molecule has 1 aliphatic carbocycles. The van der Waals surface area contributed by atoms with Gasteiger partial charge in [-0.15, -0.1) is 0 Å². The van der Waals surface area contributed by atoms with Crippen LogP contribution in [0.3, 0.4) is 0 Å². The van der Waals surface area contributed by atoms with E-state index in [9.17, 15) is 17.6 Å². The molecule has 116 valence electrons. The minimum atomic E-state index is -3.87. The van der Waals surface area contributed by atoms with E-state index >= 15 is 0 Å². The van der Waals surface area contributed by atoms with Gasteiger partial charge in [0.2, 0.25) is 10.0 Å². The minimum Gasteiger partial charge on any atom is -0.478 e. The first-order chi connectivity index (χ1) is 9.83. The molecule has 2 N–H and O–H groups in total. The van der Waals surface area contributed by atoms with Crippen LogP contribution in [0.25, 0.3) is 0 Å². The number of benzene rings is 1. The van der Waals surface area contributed by atoms with Gasteiger partial charge < -0.3 is 9.84 Å². The van der Waals surface area contributed by atoms with Gasteiger partial charge in [-0.2, -0.15) is 0 Å². The van der Waals surface area contributed by atoms with Crippen molar-refractivity contribution in [3.63, 3.8) is 0 Å². The molecule has 21 heavy (non-hydrogen) atoms. The summed E-state index contributed by atoms with van der Waals surface area (Å²) < 4.78 is 45.3. The Morgan fingerprint density at radius 1 is 1.48 bits per heavy atom. The molecular weight excluding hydrogens is 301 g/mol. The second-order valence-corrected chi connectivity index (χ2v) is 6.53. The maximum Gasteiger partial charge on any atom is 0.338 e. The Balaban J connectivity index is 2.10. The summed E-state index contributed by atoms with van der Waals surface area (Å²) in [5, 5.41) is 8.82. The number of hydrogen-bond acceptors (Lipinski definition) is 4. The molecule has 0 radical (unpaired) electrons. The van der Waals surface area contributed by atoms with Crippen LogP contribution < -0.4 is 4.72 Å². The molecule has 0 saturated heterocycles. The third-order valence-corrected chi connectivity index (χ3v) is 4.82. The zero-order chi connectivity index (χ0) is 15.6. The van der Waals surface area contributed by atoms with E-state index in [1.54, 1.807) is 0 Å². The number of aromatic carboxylic acids is 1. The van der Waals surface area contributed by atoms with Crippen LogP contribution in [-0.4, -0.2) is 38.2 Å². The highest BCUT2D eigenvalue weighted by Crippen LogP contribution is 2.25. The van der Waals surface area contributed by atoms with Crippen LogP contribution in [0.4, 0.5) is 4.39 Å². The first-order valence-corrected chi connectivity index (χ1v) is 7.98. The maximum atomic E-state index is 13.3. The number of nitrogens with one attached hydrogen (secondary N) is 1. The van der Waals surface area contributed by atoms with E-state index in [4.69, 9.17) is 9.84 Å². The number of ether oxygens (including phenoxy) is 1. The fraction of sp³-hybridized carbons (Fsp3) is 0.462. The largest absolute Gasteiger partial charge is 0.478 e. The summed E-state index contributed by atoms with van der Waals surface area (Å²) in [4.78, 5) is 10.6. The van der Waals surface area contributed by atoms with Gasteiger partial charge in [0, 0.05) is 12.6 Å². The standard InChI is InChI=1S/C13H16FNO5S/c1-2-20-9-5-8(6-9)15-21(18,19)10-3-4-12(14)11(7-10)13(16)17/h3-4,7-9,15H,2,5-6H2,1H3,(H,16,17). The number of carboxylic acid groups (broad SMARTS) is 1. The Hall–Kier alpha value is -1.51. The maximum absolute atomic E-state index is 13.3. The number of rotatable bonds is 6. The molecule has 1 fully saturated rings. The molecule has 8 heteroatoms. The molecule has 1 aromatic carbocycles. The van der Waals surface area contributed by atoms with Crippen LogP contribution in [-0.2, 0) is 14.8 Å². The van der Waals surface area contributed by atoms with Gasteiger partial charge in [0.1, 0.15) is 5.82 Å². The lowest BCUT2D eigenvalue weighted by Gasteiger charge is -2.35. The second kappa shape index (κ2) is 6.08. The van der Waals surface area contributed by atoms with E-state index < -0.39 is 27.4 Å². The Bertz CT molecular complexity index is 640. The van der Waals surface area contributed by atoms with Gasteiger partial charge >= 0.3 is 5.97 Å². The van der Waals surface area contributed by atoms with Crippen LogP contribution in [0.2, 0.25) is 0 Å². The SMILES string of the molecule is CCOC1CC(NS(=O)(=O)c2ccc(F)c(C(=O)O)c2)C1. The smallest absolute Gasteiger partial charge is 0.338 e. The van der Waals surface area contributed by atoms with Crippen molar-refractivity contribution >= 4 is 16.0 Å². The van der Waals surface area contributed by atoms with Gasteiger partial charge in [-0.1, -0.05) is 0 Å². The lowest BCUT2D eigenvalue weighted by molar-refractivity contribution is -0.00476. The van der Waals surface area contributed by atoms with Crippen molar-refractivity contribution < 1.29 is 27.4 Å². The fourth-order valence-electron chi connectivity index (χ4n) is 2.16. The van der Waals surface area contributed by atoms with Crippen molar-refractivity contribution in [1.82, 2.24) is 4.72 Å². The summed E-state index contributed by atoms with van der Waals surface area (Å²) in [6, 6.07) is 2.45. The Kier molecular flexibility index (Phi) is 4.60. The van der Waals surface area contributed by atoms with Crippen molar-refractivity contribution in [2.45, 2.75) is 36.8 Å². The minimum absolute atomic E-state index is 0.0468. The van der Waals surface area contributed by atoms with Gasteiger partial charge in [0.15, 0.2) is 0 Å². The Morgan fingerprint density at radius 2 is 2.14 bits per heavy atom. The summed E-state index contributed by atoms with van der Waals surface area (Å²) in [5.74, 6) is -2.48. The Morgan fingerprint density at radius 3 is 2.71 bits per heavy atom. The molecule has 0 atom stereocenters. The van der Waals surface area contributed by atoms with Crippen LogP contribution in [0, 0.1) is 5.82 Å². The molecule has 1 saturated carbocycles. The predicted molar refractivity (Wildman–Crippen MR) is 72.1 cm³/mol. The van der Waals surface area contributed by atoms with Gasteiger partial charge in [0.05, 0.1) is 16.6 Å². The van der Waals surface area contributed by atoms with Crippen molar-refractivity contribution in [3.05, 3.63) is 29.6 Å². The molecule has 0 amide bonds. The van der Waals surface area contributed by atoms with E-state index in [-0.39, 0.29) is 17.0 Å². The molecule has 0 aliphatic heterocycles. The number of carboxylic acids is 1. The summed E-state index contributed by atoms with van der Waals surface area (Å²) in [7, 11) is -3.87. The summed E-state index contributed by atoms with van der Waals surface area (Å²) in [6.07, 6.45) is 1.19. The van der Waals surface area contributed by atoms with Gasteiger partial charge in [-0.05, 0) is 38.0 Å². The molecule has 1 aromatic rings. The monoisotopic (exact) mass is 317 g/mol. The van der Waals surface area contributed by atoms with E-state index in [1.807, 2.05) is 6.92 Å². The van der Waals surface area contributed by atoms with Gasteiger partial charge in [-0.25, -0.2) is 22.3 Å². The molecule has 1 aliphatic rings. The highest BCUT2D eigenvalue weighted by atomic mass is 32.2. The van der Waals surface area contributed by atoms with Crippen LogP contribution in [0.1, 0.15) is 30.1 Å². The predicted octanol–water partition coefficient (Wildman–Crippen LogP) is 1.37. The topological polar surface area (TPSA) is 92.7 Å². The number of halogens is 1. The van der Waals surface area contributed by atoms with E-state index in [0.717, 1.165) is 18.2 Å². The average molecular weight is 317 g/mol. The Labute approximate surface area is 122 Å². The van der Waals surface area contributed by atoms with Crippen LogP contribution >= 0.6 is 0 Å². The first-order valence-electron chi connectivity index (χ1n) is 6.50. The molecule has 0 spiro atoms. The van der Waals surface area contributed by atoms with Crippen LogP contribution in [0.15, 0.2) is 23.1 Å². The average Bonchev–Trinajstić information content (AvgIpc) is 2.36. The molecule has 0 aromatic heterocycles. The normalized spacial score (nSPS) is 21.8. The van der Waals surface area contributed by atoms with Crippen molar-refractivity contribution in [2.75, 3.05) is 6.61 Å². The molecule has 0 heterocycles. The third kappa shape index (κ3) is 3.58. The van der Waals surface area contributed by atoms with Gasteiger partial charge in [-0.3, -0.25) is 0 Å². The zero-order valence-electron chi connectivity index (χ0n) is 11.4. The molecule has 0 unspecified atom stereocenters. The number of hydrogen-bond donors (Lipinski definition) is 2. The van der Waals surface area contributed by atoms with E-state index in [1.165, 1.54) is 0 Å². The van der Waals surface area contributed by atoms with Crippen molar-refractivity contribution in [3.8, 4) is 0 Å². The van der Waals surface area contributed by atoms with Gasteiger partial charge in [0.25, 0.3) is 0 Å². The molecule has 0 bridgehead atoms. The second-order valence-electron chi connectivity index (χ2n) is 4.81. The lowest BCUT2D eigenvalue weighted by Crippen LogP contribution is -2.47. The molecule has 6 nitrogen and oxygen atoms in total. The number of carbonyl (C=O) groups is 1. The molecular formula is C13H16FNO5S. The third-order valence-electron chi connectivity index (χ3n) is 3.30. The zero-order valence-corrected chi connectivity index (χ0v) is 12.2. The summed E-state index contributed by atoms with van der Waals surface area (Å²) in [6.45, 7) is 2.44. The highest BCUT2D eigenvalue weighted by molar-refractivity contribution is 7.89. The van der Waals surface area contributed by atoms with E-state index in [0.29, 0.717) is 19.4 Å². The van der Waals surface area contributed by atoms with E-state index in [2.05, 4.69) is 4.72 Å². The fourth-order valence-corrected chi connectivity index (χ4v) is 3.44. The lowest BCUT2D eigenvalue weighted by atomic mass is 9.90.